The molecule has 1 aliphatic rings. The van der Waals surface area contributed by atoms with E-state index in [4.69, 9.17) is 18.9 Å². The molecule has 0 amide bonds. The monoisotopic (exact) mass is 371 g/mol. The van der Waals surface area contributed by atoms with Gasteiger partial charge in [-0.1, -0.05) is 12.1 Å². The number of anilines is 1. The highest BCUT2D eigenvalue weighted by atomic mass is 16.5. The summed E-state index contributed by atoms with van der Waals surface area (Å²) >= 11 is 0. The normalized spacial score (nSPS) is 16.3. The largest absolute Gasteiger partial charge is 0.491 e. The maximum absolute atomic E-state index is 5.80. The molecule has 1 atom stereocenters. The summed E-state index contributed by atoms with van der Waals surface area (Å²) < 4.78 is 22.4. The van der Waals surface area contributed by atoms with Crippen LogP contribution in [-0.4, -0.2) is 39.1 Å². The van der Waals surface area contributed by atoms with E-state index in [0.717, 1.165) is 43.2 Å². The molecule has 0 aliphatic carbocycles. The summed E-state index contributed by atoms with van der Waals surface area (Å²) in [7, 11) is 0. The minimum Gasteiger partial charge on any atom is -0.491 e. The second-order valence-electron chi connectivity index (χ2n) is 6.52. The number of rotatable bonds is 11. The fourth-order valence-electron chi connectivity index (χ4n) is 2.95. The lowest BCUT2D eigenvalue weighted by atomic mass is 10.2. The van der Waals surface area contributed by atoms with Crippen LogP contribution in [0, 0.1) is 0 Å². The van der Waals surface area contributed by atoms with Crippen molar-refractivity contribution in [3.63, 3.8) is 0 Å². The van der Waals surface area contributed by atoms with Gasteiger partial charge >= 0.3 is 0 Å². The first-order chi connectivity index (χ1) is 13.3. The van der Waals surface area contributed by atoms with Gasteiger partial charge in [0.15, 0.2) is 0 Å². The summed E-state index contributed by atoms with van der Waals surface area (Å²) in [4.78, 5) is 0. The number of nitrogens with one attached hydrogen (secondary N) is 1. The van der Waals surface area contributed by atoms with Gasteiger partial charge in [-0.15, -0.1) is 0 Å². The van der Waals surface area contributed by atoms with Gasteiger partial charge in [-0.2, -0.15) is 0 Å². The summed E-state index contributed by atoms with van der Waals surface area (Å²) in [6.45, 7) is 6.09. The molecule has 1 aliphatic heterocycles. The molecular formula is C22H29NO4. The van der Waals surface area contributed by atoms with Crippen LogP contribution in [0.2, 0.25) is 0 Å². The van der Waals surface area contributed by atoms with Crippen molar-refractivity contribution in [3.05, 3.63) is 54.1 Å². The van der Waals surface area contributed by atoms with Crippen molar-refractivity contribution in [2.24, 2.45) is 0 Å². The molecule has 0 spiro atoms. The minimum absolute atomic E-state index is 0.242. The molecule has 5 nitrogen and oxygen atoms in total. The van der Waals surface area contributed by atoms with Crippen molar-refractivity contribution in [3.8, 4) is 11.5 Å². The number of hydrogen-bond donors (Lipinski definition) is 1. The lowest BCUT2D eigenvalue weighted by Crippen LogP contribution is -2.16. The highest BCUT2D eigenvalue weighted by Crippen LogP contribution is 2.20. The summed E-state index contributed by atoms with van der Waals surface area (Å²) in [5.74, 6) is 1.74. The Hall–Kier alpha value is -2.24. The van der Waals surface area contributed by atoms with Gasteiger partial charge < -0.3 is 24.3 Å². The fourth-order valence-corrected chi connectivity index (χ4v) is 2.95. The molecule has 1 unspecified atom stereocenters. The molecular weight excluding hydrogens is 342 g/mol. The van der Waals surface area contributed by atoms with Crippen LogP contribution in [0.5, 0.6) is 11.5 Å². The van der Waals surface area contributed by atoms with E-state index >= 15 is 0 Å². The maximum atomic E-state index is 5.80. The van der Waals surface area contributed by atoms with Crippen LogP contribution in [0.4, 0.5) is 5.69 Å². The number of benzene rings is 2. The molecule has 0 saturated carbocycles. The Bertz CT molecular complexity index is 668. The smallest absolute Gasteiger partial charge is 0.119 e. The lowest BCUT2D eigenvalue weighted by molar-refractivity contribution is 0.0679. The third-order valence-corrected chi connectivity index (χ3v) is 4.41. The first-order valence-corrected chi connectivity index (χ1v) is 9.71. The maximum Gasteiger partial charge on any atom is 0.119 e. The van der Waals surface area contributed by atoms with Crippen molar-refractivity contribution < 1.29 is 18.9 Å². The average Bonchev–Trinajstić information content (AvgIpc) is 3.23. The molecule has 1 N–H and O–H groups in total. The van der Waals surface area contributed by atoms with E-state index in [1.54, 1.807) is 0 Å². The van der Waals surface area contributed by atoms with Crippen molar-refractivity contribution in [2.75, 3.05) is 38.4 Å². The third kappa shape index (κ3) is 6.77. The van der Waals surface area contributed by atoms with E-state index in [-0.39, 0.29) is 6.10 Å². The highest BCUT2D eigenvalue weighted by Gasteiger charge is 2.15. The molecule has 1 heterocycles. The Balaban J connectivity index is 1.42. The van der Waals surface area contributed by atoms with Gasteiger partial charge in [0.2, 0.25) is 0 Å². The van der Waals surface area contributed by atoms with E-state index < -0.39 is 0 Å². The molecule has 2 aromatic rings. The van der Waals surface area contributed by atoms with Crippen molar-refractivity contribution in [1.29, 1.82) is 0 Å². The van der Waals surface area contributed by atoms with Crippen LogP contribution < -0.4 is 14.8 Å². The topological polar surface area (TPSA) is 49.0 Å². The first kappa shape index (κ1) is 19.5. The van der Waals surface area contributed by atoms with Crippen LogP contribution in [0.3, 0.4) is 0 Å². The lowest BCUT2D eigenvalue weighted by Gasteiger charge is -2.12. The second kappa shape index (κ2) is 10.8. The number of ether oxygens (including phenoxy) is 4. The van der Waals surface area contributed by atoms with E-state index in [0.29, 0.717) is 26.4 Å². The predicted octanol–water partition coefficient (Wildman–Crippen LogP) is 4.27. The van der Waals surface area contributed by atoms with E-state index in [9.17, 15) is 0 Å². The highest BCUT2D eigenvalue weighted by molar-refractivity contribution is 5.47. The molecule has 0 radical (unpaired) electrons. The SMILES string of the molecule is CCOCCOc1cccc(CNc2ccc(OCC3CCCO3)cc2)c1. The van der Waals surface area contributed by atoms with Crippen LogP contribution in [0.15, 0.2) is 48.5 Å². The summed E-state index contributed by atoms with van der Waals surface area (Å²) in [5.41, 5.74) is 2.23. The van der Waals surface area contributed by atoms with Gasteiger partial charge in [-0.25, -0.2) is 0 Å². The Labute approximate surface area is 161 Å². The first-order valence-electron chi connectivity index (χ1n) is 9.71. The Kier molecular flexibility index (Phi) is 7.81. The van der Waals surface area contributed by atoms with E-state index in [2.05, 4.69) is 17.4 Å². The third-order valence-electron chi connectivity index (χ3n) is 4.41. The van der Waals surface area contributed by atoms with E-state index in [1.807, 2.05) is 43.3 Å². The van der Waals surface area contributed by atoms with Crippen LogP contribution >= 0.6 is 0 Å². The molecule has 146 valence electrons. The van der Waals surface area contributed by atoms with Gasteiger partial charge in [0.05, 0.1) is 12.7 Å². The standard InChI is InChI=1S/C22H29NO4/c1-2-24-13-14-26-21-6-3-5-18(15-21)16-23-19-8-10-20(11-9-19)27-17-22-7-4-12-25-22/h3,5-6,8-11,15,22-23H,2,4,7,12-14,16-17H2,1H3. The van der Waals surface area contributed by atoms with Crippen LogP contribution in [-0.2, 0) is 16.0 Å². The van der Waals surface area contributed by atoms with Gasteiger partial charge in [-0.05, 0) is 61.7 Å². The van der Waals surface area contributed by atoms with Crippen molar-refractivity contribution in [2.45, 2.75) is 32.4 Å². The average molecular weight is 371 g/mol. The zero-order valence-corrected chi connectivity index (χ0v) is 16.0. The summed E-state index contributed by atoms with van der Waals surface area (Å²) in [6.07, 6.45) is 2.47. The quantitative estimate of drug-likeness (QED) is 0.598. The Morgan fingerprint density at radius 1 is 1.04 bits per heavy atom. The van der Waals surface area contributed by atoms with Gasteiger partial charge in [-0.3, -0.25) is 0 Å². The van der Waals surface area contributed by atoms with Crippen molar-refractivity contribution >= 4 is 5.69 Å². The summed E-state index contributed by atoms with van der Waals surface area (Å²) in [6, 6.07) is 16.2. The molecule has 0 bridgehead atoms. The molecule has 5 heteroatoms. The van der Waals surface area contributed by atoms with E-state index in [1.165, 1.54) is 5.56 Å². The molecule has 1 saturated heterocycles. The molecule has 1 fully saturated rings. The van der Waals surface area contributed by atoms with Gasteiger partial charge in [0.1, 0.15) is 24.7 Å². The summed E-state index contributed by atoms with van der Waals surface area (Å²) in [5, 5.41) is 3.43. The Morgan fingerprint density at radius 2 is 1.93 bits per heavy atom. The molecule has 2 aromatic carbocycles. The molecule has 27 heavy (non-hydrogen) atoms. The van der Waals surface area contributed by atoms with Crippen molar-refractivity contribution in [1.82, 2.24) is 0 Å². The van der Waals surface area contributed by atoms with Crippen LogP contribution in [0.25, 0.3) is 0 Å². The van der Waals surface area contributed by atoms with Gasteiger partial charge in [0.25, 0.3) is 0 Å². The molecule has 3 rings (SSSR count). The molecule has 0 aromatic heterocycles. The zero-order valence-electron chi connectivity index (χ0n) is 16.0. The minimum atomic E-state index is 0.242. The fraction of sp³-hybridized carbons (Fsp3) is 0.455. The Morgan fingerprint density at radius 3 is 2.70 bits per heavy atom. The second-order valence-corrected chi connectivity index (χ2v) is 6.52. The zero-order chi connectivity index (χ0) is 18.7. The predicted molar refractivity (Wildman–Crippen MR) is 107 cm³/mol. The van der Waals surface area contributed by atoms with Crippen LogP contribution in [0.1, 0.15) is 25.3 Å². The number of hydrogen-bond acceptors (Lipinski definition) is 5. The van der Waals surface area contributed by atoms with Gasteiger partial charge in [0, 0.05) is 25.4 Å².